The van der Waals surface area contributed by atoms with E-state index in [-0.39, 0.29) is 34.0 Å². The van der Waals surface area contributed by atoms with Gasteiger partial charge in [-0.2, -0.15) is 0 Å². The lowest BCUT2D eigenvalue weighted by molar-refractivity contribution is -0.0563. The van der Waals surface area contributed by atoms with E-state index in [1.54, 1.807) is 0 Å². The number of anilines is 2. The quantitative estimate of drug-likeness (QED) is 0.174. The molecule has 4 N–H and O–H groups in total. The third kappa shape index (κ3) is 5.25. The van der Waals surface area contributed by atoms with Crippen molar-refractivity contribution in [2.75, 3.05) is 24.7 Å². The van der Waals surface area contributed by atoms with Crippen molar-refractivity contribution in [3.05, 3.63) is 25.3 Å². The number of hydrogen-bond acceptors (Lipinski definition) is 16. The minimum absolute atomic E-state index is 0.0478. The highest BCUT2D eigenvalue weighted by Crippen LogP contribution is 2.60. The van der Waals surface area contributed by atoms with Crippen molar-refractivity contribution in [2.45, 2.75) is 49.2 Å². The molecule has 18 nitrogen and oxygen atoms in total. The van der Waals surface area contributed by atoms with Crippen LogP contribution in [-0.2, 0) is 36.7 Å². The highest BCUT2D eigenvalue weighted by Gasteiger charge is 2.54. The molecule has 236 valence electrons. The molecule has 2 bridgehead atoms. The molecule has 0 saturated carbocycles. The normalized spacial score (nSPS) is 38.3. The van der Waals surface area contributed by atoms with E-state index in [1.807, 2.05) is 0 Å². The lowest BCUT2D eigenvalue weighted by atomic mass is 10.1. The molecule has 10 atom stereocenters. The van der Waals surface area contributed by atoms with Gasteiger partial charge in [-0.15, -0.1) is 0 Å². The van der Waals surface area contributed by atoms with E-state index >= 15 is 8.78 Å². The standard InChI is InChI=1S/C20H22F2N10O8P2S2/c21-9-7-1-35-41(33,43)39-13-8(38-19(10(13)22)31-5-29-11-15(23)25-3-27-17(11)31)2-36-42(34,44)40-14(9)20(37-7)32-6-30-12-16(24)26-4-28-18(12)32/h3-10,13-14,19-20H,1-2H2,(H,33,43)(H,34,44)(H2,23,25,27)(H2,24,26,28)/t7-,8-,9-,10-,13-,14-,19-,20-,41+,42+/m1/s1. The summed E-state index contributed by atoms with van der Waals surface area (Å²) in [6, 6.07) is 0. The summed E-state index contributed by atoms with van der Waals surface area (Å²) in [6.07, 6.45) is -8.18. The van der Waals surface area contributed by atoms with Crippen molar-refractivity contribution in [3.63, 3.8) is 0 Å². The molecule has 3 saturated heterocycles. The summed E-state index contributed by atoms with van der Waals surface area (Å²) in [5.41, 5.74) is 12.4. The molecule has 4 aromatic heterocycles. The molecule has 3 aliphatic heterocycles. The minimum Gasteiger partial charge on any atom is -0.382 e. The molecule has 4 aromatic rings. The van der Waals surface area contributed by atoms with E-state index < -0.39 is 76.0 Å². The fraction of sp³-hybridized carbons (Fsp3) is 0.500. The maximum Gasteiger partial charge on any atom is 0.386 e. The largest absolute Gasteiger partial charge is 0.386 e. The molecule has 44 heavy (non-hydrogen) atoms. The van der Waals surface area contributed by atoms with Crippen LogP contribution in [0.1, 0.15) is 12.5 Å². The van der Waals surface area contributed by atoms with Gasteiger partial charge < -0.3 is 20.9 Å². The lowest BCUT2D eigenvalue weighted by Gasteiger charge is -2.26. The minimum atomic E-state index is -4.43. The molecule has 0 unspecified atom stereocenters. The molecular formula is C20H22F2N10O8P2S2. The fourth-order valence-corrected chi connectivity index (χ4v) is 8.09. The maximum atomic E-state index is 16.0. The van der Waals surface area contributed by atoms with E-state index in [9.17, 15) is 9.13 Å². The molecule has 3 aliphatic rings. The fourth-order valence-electron chi connectivity index (χ4n) is 5.16. The van der Waals surface area contributed by atoms with Crippen LogP contribution in [0.4, 0.5) is 20.4 Å². The summed E-state index contributed by atoms with van der Waals surface area (Å²) in [6.45, 7) is -10.2. The van der Waals surface area contributed by atoms with Crippen LogP contribution in [0.25, 0.3) is 22.3 Å². The van der Waals surface area contributed by atoms with Crippen molar-refractivity contribution >= 4 is 72.1 Å². The van der Waals surface area contributed by atoms with E-state index in [4.69, 9.17) is 39.0 Å². The Kier molecular flexibility index (Phi) is 7.59. The van der Waals surface area contributed by atoms with Gasteiger partial charge in [0.1, 0.15) is 48.1 Å². The van der Waals surface area contributed by atoms with Crippen molar-refractivity contribution in [1.29, 1.82) is 0 Å². The second kappa shape index (κ2) is 11.1. The number of nitrogens with two attached hydrogens (primary N) is 2. The van der Waals surface area contributed by atoms with Crippen LogP contribution in [0.2, 0.25) is 0 Å². The number of imidazole rings is 2. The van der Waals surface area contributed by atoms with Gasteiger partial charge >= 0.3 is 13.6 Å². The summed E-state index contributed by atoms with van der Waals surface area (Å²) >= 11 is 7.99. The van der Waals surface area contributed by atoms with E-state index in [2.05, 4.69) is 54.4 Å². The van der Waals surface area contributed by atoms with Gasteiger partial charge in [-0.3, -0.25) is 27.2 Å². The molecular weight excluding hydrogens is 672 g/mol. The monoisotopic (exact) mass is 694 g/mol. The van der Waals surface area contributed by atoms with E-state index in [0.29, 0.717) is 0 Å². The number of nitrogens with zero attached hydrogens (tertiary/aromatic N) is 8. The van der Waals surface area contributed by atoms with Gasteiger partial charge in [0, 0.05) is 0 Å². The van der Waals surface area contributed by atoms with Gasteiger partial charge in [0.25, 0.3) is 0 Å². The SMILES string of the molecule is Nc1ncnc2c1ncn2[C@@H]1O[C@@H]2CO[P@](=O)(S)O[C@@H]3[C@H](F)[C@@H](CO[P@](=O)(S)O[C@H]2[C@H]1F)O[C@H]3n1cnc2c(N)ncnc21. The van der Waals surface area contributed by atoms with Gasteiger partial charge in [-0.25, -0.2) is 47.8 Å². The Labute approximate surface area is 255 Å². The van der Waals surface area contributed by atoms with Crippen molar-refractivity contribution in [3.8, 4) is 0 Å². The number of thiol groups is 2. The second-order valence-corrected chi connectivity index (χ2v) is 15.6. The van der Waals surface area contributed by atoms with E-state index in [1.165, 1.54) is 28.1 Å². The molecule has 0 radical (unpaired) electrons. The summed E-state index contributed by atoms with van der Waals surface area (Å²) in [5.74, 6) is 0.0984. The van der Waals surface area contributed by atoms with Crippen LogP contribution >= 0.6 is 38.1 Å². The average molecular weight is 695 g/mol. The van der Waals surface area contributed by atoms with Crippen LogP contribution in [0, 0.1) is 0 Å². The first-order valence-electron chi connectivity index (χ1n) is 12.7. The van der Waals surface area contributed by atoms with Crippen LogP contribution < -0.4 is 11.5 Å². The number of alkyl halides is 2. The van der Waals surface area contributed by atoms with Crippen molar-refractivity contribution in [1.82, 2.24) is 39.0 Å². The zero-order valence-corrected chi connectivity index (χ0v) is 25.5. The Balaban J connectivity index is 1.20. The Morgan fingerprint density at radius 3 is 1.82 bits per heavy atom. The van der Waals surface area contributed by atoms with Crippen LogP contribution in [0.3, 0.4) is 0 Å². The van der Waals surface area contributed by atoms with Gasteiger partial charge in [0.2, 0.25) is 0 Å². The lowest BCUT2D eigenvalue weighted by Crippen LogP contribution is -2.33. The Morgan fingerprint density at radius 2 is 1.23 bits per heavy atom. The second-order valence-electron chi connectivity index (χ2n) is 9.85. The third-order valence-corrected chi connectivity index (χ3v) is 10.4. The number of rotatable bonds is 2. The van der Waals surface area contributed by atoms with Crippen molar-refractivity contribution < 1.29 is 45.5 Å². The topological polar surface area (TPSA) is 229 Å². The third-order valence-electron chi connectivity index (χ3n) is 7.17. The van der Waals surface area contributed by atoms with E-state index in [0.717, 1.165) is 6.33 Å². The van der Waals surface area contributed by atoms with Gasteiger partial charge in [0.05, 0.1) is 25.9 Å². The highest BCUT2D eigenvalue weighted by molar-refractivity contribution is 8.44. The van der Waals surface area contributed by atoms with Crippen LogP contribution in [-0.4, -0.2) is 89.0 Å². The zero-order valence-electron chi connectivity index (χ0n) is 21.9. The zero-order chi connectivity index (χ0) is 31.0. The molecule has 0 aliphatic carbocycles. The summed E-state index contributed by atoms with van der Waals surface area (Å²) in [5, 5.41) is 0. The smallest absolute Gasteiger partial charge is 0.382 e. The van der Waals surface area contributed by atoms with Crippen molar-refractivity contribution in [2.24, 2.45) is 0 Å². The summed E-state index contributed by atoms with van der Waals surface area (Å²) in [4.78, 5) is 24.2. The first-order valence-corrected chi connectivity index (χ1v) is 18.1. The predicted octanol–water partition coefficient (Wildman–Crippen LogP) is 2.19. The van der Waals surface area contributed by atoms with Gasteiger partial charge in [0.15, 0.2) is 47.7 Å². The maximum absolute atomic E-state index is 16.0. The molecule has 0 spiro atoms. The number of fused-ring (bicyclic) bond motifs is 5. The molecule has 7 rings (SSSR count). The van der Waals surface area contributed by atoms with Crippen LogP contribution in [0.5, 0.6) is 0 Å². The van der Waals surface area contributed by atoms with Gasteiger partial charge in [-0.05, 0) is 0 Å². The average Bonchev–Trinajstić information content (AvgIpc) is 3.73. The first-order chi connectivity index (χ1) is 20.9. The Morgan fingerprint density at radius 1 is 0.727 bits per heavy atom. The molecule has 3 fully saturated rings. The number of aromatic nitrogens is 8. The Bertz CT molecular complexity index is 1840. The number of nitrogen functional groups attached to an aromatic ring is 2. The predicted molar refractivity (Wildman–Crippen MR) is 152 cm³/mol. The number of halogens is 2. The summed E-state index contributed by atoms with van der Waals surface area (Å²) in [7, 11) is 0. The van der Waals surface area contributed by atoms with Crippen LogP contribution in [0.15, 0.2) is 25.3 Å². The molecule has 7 heterocycles. The molecule has 0 amide bonds. The number of hydrogen-bond donors (Lipinski definition) is 4. The molecule has 0 aromatic carbocycles. The first kappa shape index (κ1) is 30.2. The summed E-state index contributed by atoms with van der Waals surface area (Å²) < 4.78 is 94.5. The Hall–Kier alpha value is -2.52. The number of ether oxygens (including phenoxy) is 2. The molecule has 24 heteroatoms. The highest BCUT2D eigenvalue weighted by atomic mass is 32.7. The van der Waals surface area contributed by atoms with Gasteiger partial charge in [-0.1, -0.05) is 24.5 Å².